The van der Waals surface area contributed by atoms with Gasteiger partial charge in [-0.25, -0.2) is 4.39 Å². The van der Waals surface area contributed by atoms with Gasteiger partial charge in [0, 0.05) is 5.92 Å². The highest BCUT2D eigenvalue weighted by Gasteiger charge is 2.39. The van der Waals surface area contributed by atoms with E-state index in [0.717, 1.165) is 0 Å². The highest BCUT2D eigenvalue weighted by Crippen LogP contribution is 2.33. The maximum atomic E-state index is 12.7. The molecule has 0 radical (unpaired) electrons. The molecule has 0 N–H and O–H groups in total. The molecular formula is C8H11FO3. The number of rotatable bonds is 2. The van der Waals surface area contributed by atoms with E-state index in [-0.39, 0.29) is 12.8 Å². The van der Waals surface area contributed by atoms with Crippen LogP contribution in [0.25, 0.3) is 0 Å². The van der Waals surface area contributed by atoms with E-state index < -0.39 is 24.0 Å². The predicted octanol–water partition coefficient (Wildman–Crippen LogP) is 0.723. The third-order valence-electron chi connectivity index (χ3n) is 2.23. The number of halogens is 1. The van der Waals surface area contributed by atoms with Crippen LogP contribution in [-0.4, -0.2) is 25.5 Å². The Hall–Kier alpha value is -0.930. The lowest BCUT2D eigenvalue weighted by Crippen LogP contribution is -2.21. The Labute approximate surface area is 69.9 Å². The molecule has 0 aromatic heterocycles. The fourth-order valence-corrected chi connectivity index (χ4v) is 1.58. The molecule has 0 amide bonds. The summed E-state index contributed by atoms with van der Waals surface area (Å²) in [6.45, 7) is 0. The molecule has 0 spiro atoms. The third kappa shape index (κ3) is 1.62. The number of aldehydes is 1. The van der Waals surface area contributed by atoms with Gasteiger partial charge >= 0.3 is 5.97 Å². The maximum absolute atomic E-state index is 12.7. The van der Waals surface area contributed by atoms with Crippen LogP contribution >= 0.6 is 0 Å². The summed E-state index contributed by atoms with van der Waals surface area (Å²) in [5.74, 6) is -1.54. The number of carbonyl (C=O) groups excluding carboxylic acids is 2. The summed E-state index contributed by atoms with van der Waals surface area (Å²) < 4.78 is 17.2. The largest absolute Gasteiger partial charge is 0.469 e. The van der Waals surface area contributed by atoms with Crippen LogP contribution in [-0.2, 0) is 14.3 Å². The topological polar surface area (TPSA) is 43.4 Å². The van der Waals surface area contributed by atoms with E-state index in [4.69, 9.17) is 0 Å². The van der Waals surface area contributed by atoms with Gasteiger partial charge in [-0.05, 0) is 12.8 Å². The van der Waals surface area contributed by atoms with E-state index in [2.05, 4.69) is 4.74 Å². The first kappa shape index (κ1) is 9.16. The number of hydrogen-bond donors (Lipinski definition) is 0. The Balaban J connectivity index is 2.63. The zero-order valence-electron chi connectivity index (χ0n) is 6.83. The average Bonchev–Trinajstić information content (AvgIpc) is 2.45. The fourth-order valence-electron chi connectivity index (χ4n) is 1.58. The van der Waals surface area contributed by atoms with Crippen molar-refractivity contribution in [3.63, 3.8) is 0 Å². The minimum Gasteiger partial charge on any atom is -0.469 e. The second-order valence-electron chi connectivity index (χ2n) is 3.00. The molecule has 0 aromatic rings. The summed E-state index contributed by atoms with van der Waals surface area (Å²) >= 11 is 0. The number of hydrogen-bond acceptors (Lipinski definition) is 3. The number of carbonyl (C=O) groups is 2. The molecule has 1 aliphatic carbocycles. The van der Waals surface area contributed by atoms with Crippen LogP contribution in [0.1, 0.15) is 12.8 Å². The van der Waals surface area contributed by atoms with Gasteiger partial charge in [-0.1, -0.05) is 0 Å². The van der Waals surface area contributed by atoms with Crippen LogP contribution in [0.3, 0.4) is 0 Å². The Kier molecular flexibility index (Phi) is 2.78. The predicted molar refractivity (Wildman–Crippen MR) is 39.2 cm³/mol. The minimum absolute atomic E-state index is 0.121. The van der Waals surface area contributed by atoms with Gasteiger partial charge in [0.25, 0.3) is 0 Å². The number of methoxy groups -OCH3 is 1. The highest BCUT2D eigenvalue weighted by molar-refractivity contribution is 5.77. The molecule has 1 aliphatic rings. The van der Waals surface area contributed by atoms with Gasteiger partial charge in [0.1, 0.15) is 12.5 Å². The van der Waals surface area contributed by atoms with Gasteiger partial charge in [-0.15, -0.1) is 0 Å². The van der Waals surface area contributed by atoms with E-state index in [0.29, 0.717) is 6.29 Å². The first-order chi connectivity index (χ1) is 5.69. The Morgan fingerprint density at radius 2 is 2.25 bits per heavy atom. The molecule has 0 unspecified atom stereocenters. The quantitative estimate of drug-likeness (QED) is 0.457. The second kappa shape index (κ2) is 3.65. The summed E-state index contributed by atoms with van der Waals surface area (Å²) in [5.41, 5.74) is 0. The molecule has 68 valence electrons. The molecule has 12 heavy (non-hydrogen) atoms. The Morgan fingerprint density at radius 1 is 1.58 bits per heavy atom. The first-order valence-electron chi connectivity index (χ1n) is 3.86. The molecule has 3 atom stereocenters. The van der Waals surface area contributed by atoms with Crippen molar-refractivity contribution in [1.82, 2.24) is 0 Å². The van der Waals surface area contributed by atoms with Crippen LogP contribution in [0.15, 0.2) is 0 Å². The van der Waals surface area contributed by atoms with Gasteiger partial charge in [0.15, 0.2) is 0 Å². The smallest absolute Gasteiger partial charge is 0.309 e. The van der Waals surface area contributed by atoms with Crippen LogP contribution in [0.4, 0.5) is 4.39 Å². The van der Waals surface area contributed by atoms with Gasteiger partial charge in [-0.3, -0.25) is 4.79 Å². The summed E-state index contributed by atoms with van der Waals surface area (Å²) in [4.78, 5) is 21.4. The summed E-state index contributed by atoms with van der Waals surface area (Å²) in [6, 6.07) is 0. The zero-order valence-corrected chi connectivity index (χ0v) is 6.83. The van der Waals surface area contributed by atoms with E-state index in [9.17, 15) is 14.0 Å². The number of ether oxygens (including phenoxy) is 1. The molecule has 0 aliphatic heterocycles. The van der Waals surface area contributed by atoms with Gasteiger partial charge < -0.3 is 9.53 Å². The molecule has 0 heterocycles. The third-order valence-corrected chi connectivity index (χ3v) is 2.23. The van der Waals surface area contributed by atoms with Crippen molar-refractivity contribution in [1.29, 1.82) is 0 Å². The molecule has 0 bridgehead atoms. The van der Waals surface area contributed by atoms with Crippen molar-refractivity contribution in [2.24, 2.45) is 11.8 Å². The van der Waals surface area contributed by atoms with Gasteiger partial charge in [0.05, 0.1) is 13.0 Å². The van der Waals surface area contributed by atoms with E-state index in [1.165, 1.54) is 7.11 Å². The summed E-state index contributed by atoms with van der Waals surface area (Å²) in [5, 5.41) is 0. The lowest BCUT2D eigenvalue weighted by molar-refractivity contribution is -0.147. The van der Waals surface area contributed by atoms with Crippen LogP contribution in [0, 0.1) is 11.8 Å². The molecule has 1 fully saturated rings. The average molecular weight is 174 g/mol. The van der Waals surface area contributed by atoms with Crippen molar-refractivity contribution < 1.29 is 18.7 Å². The van der Waals surface area contributed by atoms with E-state index in [1.54, 1.807) is 0 Å². The molecule has 1 rings (SSSR count). The standard InChI is InChI=1S/C8H11FO3/c1-12-8(11)7-3-6(9)2-5(7)4-10/h4-7H,2-3H2,1H3/t5-,6-,7-/m1/s1. The van der Waals surface area contributed by atoms with Crippen molar-refractivity contribution in [2.45, 2.75) is 19.0 Å². The van der Waals surface area contributed by atoms with Crippen LogP contribution in [0.2, 0.25) is 0 Å². The Morgan fingerprint density at radius 3 is 2.75 bits per heavy atom. The highest BCUT2D eigenvalue weighted by atomic mass is 19.1. The molecule has 3 nitrogen and oxygen atoms in total. The molecule has 0 aromatic carbocycles. The number of alkyl halides is 1. The zero-order chi connectivity index (χ0) is 9.14. The van der Waals surface area contributed by atoms with E-state index >= 15 is 0 Å². The normalized spacial score (nSPS) is 34.7. The Bertz CT molecular complexity index is 193. The first-order valence-corrected chi connectivity index (χ1v) is 3.86. The lowest BCUT2D eigenvalue weighted by atomic mass is 9.98. The van der Waals surface area contributed by atoms with Crippen molar-refractivity contribution >= 4 is 12.3 Å². The molecule has 0 saturated heterocycles. The van der Waals surface area contributed by atoms with E-state index in [1.807, 2.05) is 0 Å². The van der Waals surface area contributed by atoms with Crippen molar-refractivity contribution in [2.75, 3.05) is 7.11 Å². The van der Waals surface area contributed by atoms with Crippen LogP contribution < -0.4 is 0 Å². The lowest BCUT2D eigenvalue weighted by Gasteiger charge is -2.09. The molecular weight excluding hydrogens is 163 g/mol. The van der Waals surface area contributed by atoms with Gasteiger partial charge in [-0.2, -0.15) is 0 Å². The fraction of sp³-hybridized carbons (Fsp3) is 0.750. The number of esters is 1. The maximum Gasteiger partial charge on any atom is 0.309 e. The SMILES string of the molecule is COC(=O)[C@@H]1C[C@H](F)C[C@@H]1C=O. The second-order valence-corrected chi connectivity index (χ2v) is 3.00. The van der Waals surface area contributed by atoms with Crippen LogP contribution in [0.5, 0.6) is 0 Å². The van der Waals surface area contributed by atoms with Gasteiger partial charge in [0.2, 0.25) is 0 Å². The van der Waals surface area contributed by atoms with Crippen molar-refractivity contribution in [3.8, 4) is 0 Å². The monoisotopic (exact) mass is 174 g/mol. The summed E-state index contributed by atoms with van der Waals surface area (Å²) in [7, 11) is 1.25. The molecule has 4 heteroatoms. The minimum atomic E-state index is -1.04. The van der Waals surface area contributed by atoms with Crippen molar-refractivity contribution in [3.05, 3.63) is 0 Å². The molecule has 1 saturated carbocycles. The summed E-state index contributed by atoms with van der Waals surface area (Å²) in [6.07, 6.45) is -0.121.